The summed E-state index contributed by atoms with van der Waals surface area (Å²) in [6.45, 7) is 0.431. The molecule has 1 fully saturated rings. The molecule has 0 unspecified atom stereocenters. The molecule has 1 aromatic heterocycles. The number of nitrogens with one attached hydrogen (secondary N) is 1. The van der Waals surface area contributed by atoms with Crippen molar-refractivity contribution in [2.45, 2.75) is 12.8 Å². The summed E-state index contributed by atoms with van der Waals surface area (Å²) in [5, 5.41) is 4.42. The van der Waals surface area contributed by atoms with Gasteiger partial charge in [-0.15, -0.1) is 11.3 Å². The smallest absolute Gasteiger partial charge is 0.350 e. The lowest BCUT2D eigenvalue weighted by Crippen LogP contribution is -2.30. The summed E-state index contributed by atoms with van der Waals surface area (Å²) in [7, 11) is 0. The van der Waals surface area contributed by atoms with E-state index < -0.39 is 5.97 Å². The monoisotopic (exact) mass is 254 g/mol. The van der Waals surface area contributed by atoms with Gasteiger partial charge in [0.1, 0.15) is 4.88 Å². The first-order chi connectivity index (χ1) is 8.16. The standard InChI is InChI=1S/C11H14N2O3S/c12-8-3-4-17-10(8)11(15)16-6-9(14)13-5-7-1-2-7/h3-4,7H,1-2,5-6,12H2,(H,13,14). The number of carbonyl (C=O) groups excluding carboxylic acids is 2. The van der Waals surface area contributed by atoms with Gasteiger partial charge in [-0.25, -0.2) is 4.79 Å². The van der Waals surface area contributed by atoms with Gasteiger partial charge < -0.3 is 15.8 Å². The van der Waals surface area contributed by atoms with Gasteiger partial charge in [0.15, 0.2) is 6.61 Å². The highest BCUT2D eigenvalue weighted by atomic mass is 32.1. The van der Waals surface area contributed by atoms with Gasteiger partial charge in [-0.2, -0.15) is 0 Å². The number of nitrogens with two attached hydrogens (primary N) is 1. The zero-order valence-electron chi connectivity index (χ0n) is 9.27. The van der Waals surface area contributed by atoms with E-state index in [0.717, 1.165) is 0 Å². The summed E-state index contributed by atoms with van der Waals surface area (Å²) in [5.74, 6) is -0.193. The number of rotatable bonds is 5. The quantitative estimate of drug-likeness (QED) is 0.768. The SMILES string of the molecule is Nc1ccsc1C(=O)OCC(=O)NCC1CC1. The minimum absolute atomic E-state index is 0.247. The van der Waals surface area contributed by atoms with Gasteiger partial charge in [-0.1, -0.05) is 0 Å². The van der Waals surface area contributed by atoms with E-state index in [4.69, 9.17) is 10.5 Å². The van der Waals surface area contributed by atoms with E-state index in [1.165, 1.54) is 24.2 Å². The van der Waals surface area contributed by atoms with Crippen molar-refractivity contribution in [1.82, 2.24) is 5.32 Å². The molecule has 6 heteroatoms. The van der Waals surface area contributed by atoms with Crippen LogP contribution in [-0.4, -0.2) is 25.0 Å². The Kier molecular flexibility index (Phi) is 3.63. The summed E-state index contributed by atoms with van der Waals surface area (Å²) in [6, 6.07) is 1.63. The molecule has 1 aliphatic carbocycles. The van der Waals surface area contributed by atoms with E-state index >= 15 is 0 Å². The number of anilines is 1. The minimum atomic E-state index is -0.543. The molecule has 0 spiro atoms. The lowest BCUT2D eigenvalue weighted by Gasteiger charge is -2.05. The molecule has 0 radical (unpaired) electrons. The number of amides is 1. The number of thiophene rings is 1. The number of nitrogen functional groups attached to an aromatic ring is 1. The third-order valence-electron chi connectivity index (χ3n) is 2.50. The van der Waals surface area contributed by atoms with Crippen LogP contribution in [0.5, 0.6) is 0 Å². The lowest BCUT2D eigenvalue weighted by molar-refractivity contribution is -0.124. The maximum absolute atomic E-state index is 11.5. The lowest BCUT2D eigenvalue weighted by atomic mass is 10.4. The molecule has 1 amide bonds. The maximum atomic E-state index is 11.5. The van der Waals surface area contributed by atoms with Crippen molar-refractivity contribution < 1.29 is 14.3 Å². The second kappa shape index (κ2) is 5.18. The fourth-order valence-corrected chi connectivity index (χ4v) is 2.02. The Morgan fingerprint density at radius 2 is 2.29 bits per heavy atom. The molecule has 92 valence electrons. The Balaban J connectivity index is 1.71. The summed E-state index contributed by atoms with van der Waals surface area (Å²) >= 11 is 1.21. The first kappa shape index (κ1) is 11.9. The molecule has 17 heavy (non-hydrogen) atoms. The van der Waals surface area contributed by atoms with Crippen molar-refractivity contribution in [3.63, 3.8) is 0 Å². The number of esters is 1. The van der Waals surface area contributed by atoms with Crippen LogP contribution in [0.15, 0.2) is 11.4 Å². The van der Waals surface area contributed by atoms with E-state index in [0.29, 0.717) is 23.0 Å². The van der Waals surface area contributed by atoms with Crippen LogP contribution in [0.25, 0.3) is 0 Å². The molecule has 3 N–H and O–H groups in total. The van der Waals surface area contributed by atoms with Crippen LogP contribution >= 0.6 is 11.3 Å². The number of carbonyl (C=O) groups is 2. The number of ether oxygens (including phenoxy) is 1. The zero-order chi connectivity index (χ0) is 12.3. The minimum Gasteiger partial charge on any atom is -0.451 e. The van der Waals surface area contributed by atoms with E-state index in [1.807, 2.05) is 0 Å². The third-order valence-corrected chi connectivity index (χ3v) is 3.41. The Labute approximate surface area is 103 Å². The molecule has 5 nitrogen and oxygen atoms in total. The van der Waals surface area contributed by atoms with Crippen LogP contribution in [0.3, 0.4) is 0 Å². The van der Waals surface area contributed by atoms with Crippen LogP contribution in [0.2, 0.25) is 0 Å². The highest BCUT2D eigenvalue weighted by Crippen LogP contribution is 2.27. The largest absolute Gasteiger partial charge is 0.451 e. The molecule has 1 heterocycles. The van der Waals surface area contributed by atoms with Gasteiger partial charge in [0.05, 0.1) is 5.69 Å². The summed E-state index contributed by atoms with van der Waals surface area (Å²) in [5.41, 5.74) is 5.95. The Hall–Kier alpha value is -1.56. The molecule has 0 saturated heterocycles. The van der Waals surface area contributed by atoms with Crippen molar-refractivity contribution >= 4 is 28.9 Å². The summed E-state index contributed by atoms with van der Waals surface area (Å²) in [4.78, 5) is 23.2. The second-order valence-electron chi connectivity index (χ2n) is 4.03. The average molecular weight is 254 g/mol. The Morgan fingerprint density at radius 3 is 2.88 bits per heavy atom. The fourth-order valence-electron chi connectivity index (χ4n) is 1.31. The summed E-state index contributed by atoms with van der Waals surface area (Å²) < 4.78 is 4.86. The molecular formula is C11H14N2O3S. The zero-order valence-corrected chi connectivity index (χ0v) is 10.1. The highest BCUT2D eigenvalue weighted by Gasteiger charge is 2.22. The third kappa shape index (κ3) is 3.45. The van der Waals surface area contributed by atoms with Gasteiger partial charge >= 0.3 is 5.97 Å². The van der Waals surface area contributed by atoms with E-state index in [9.17, 15) is 9.59 Å². The molecular weight excluding hydrogens is 240 g/mol. The van der Waals surface area contributed by atoms with Crippen LogP contribution in [0.4, 0.5) is 5.69 Å². The molecule has 1 aliphatic rings. The predicted octanol–water partition coefficient (Wildman–Crippen LogP) is 1.01. The molecule has 1 aromatic rings. The van der Waals surface area contributed by atoms with Gasteiger partial charge in [0.2, 0.25) is 0 Å². The first-order valence-electron chi connectivity index (χ1n) is 5.43. The van der Waals surface area contributed by atoms with Crippen molar-refractivity contribution in [2.24, 2.45) is 5.92 Å². The highest BCUT2D eigenvalue weighted by molar-refractivity contribution is 7.12. The van der Waals surface area contributed by atoms with Gasteiger partial charge in [0, 0.05) is 6.54 Å². The fraction of sp³-hybridized carbons (Fsp3) is 0.455. The molecule has 1 saturated carbocycles. The van der Waals surface area contributed by atoms with Crippen molar-refractivity contribution in [3.05, 3.63) is 16.3 Å². The van der Waals surface area contributed by atoms with Gasteiger partial charge in [-0.05, 0) is 30.2 Å². The Morgan fingerprint density at radius 1 is 1.53 bits per heavy atom. The second-order valence-corrected chi connectivity index (χ2v) is 4.94. The van der Waals surface area contributed by atoms with Crippen LogP contribution in [-0.2, 0) is 9.53 Å². The maximum Gasteiger partial charge on any atom is 0.350 e. The van der Waals surface area contributed by atoms with Crippen LogP contribution < -0.4 is 11.1 Å². The topological polar surface area (TPSA) is 81.4 Å². The first-order valence-corrected chi connectivity index (χ1v) is 6.31. The number of hydrogen-bond acceptors (Lipinski definition) is 5. The molecule has 0 aromatic carbocycles. The van der Waals surface area contributed by atoms with Crippen molar-refractivity contribution in [1.29, 1.82) is 0 Å². The molecule has 0 atom stereocenters. The van der Waals surface area contributed by atoms with Crippen LogP contribution in [0, 0.1) is 5.92 Å². The van der Waals surface area contributed by atoms with Crippen LogP contribution in [0.1, 0.15) is 22.5 Å². The van der Waals surface area contributed by atoms with E-state index in [1.54, 1.807) is 11.4 Å². The van der Waals surface area contributed by atoms with E-state index in [-0.39, 0.29) is 12.5 Å². The average Bonchev–Trinajstić information content (AvgIpc) is 3.05. The molecule has 2 rings (SSSR count). The number of hydrogen-bond donors (Lipinski definition) is 2. The van der Waals surface area contributed by atoms with Crippen molar-refractivity contribution in [2.75, 3.05) is 18.9 Å². The molecule has 0 bridgehead atoms. The predicted molar refractivity (Wildman–Crippen MR) is 64.7 cm³/mol. The normalized spacial score (nSPS) is 14.4. The van der Waals surface area contributed by atoms with E-state index in [2.05, 4.69) is 5.32 Å². The summed E-state index contributed by atoms with van der Waals surface area (Å²) in [6.07, 6.45) is 2.34. The Bertz CT molecular complexity index is 426. The van der Waals surface area contributed by atoms with Gasteiger partial charge in [-0.3, -0.25) is 4.79 Å². The van der Waals surface area contributed by atoms with Crippen molar-refractivity contribution in [3.8, 4) is 0 Å². The van der Waals surface area contributed by atoms with Gasteiger partial charge in [0.25, 0.3) is 5.91 Å². The molecule has 0 aliphatic heterocycles.